The molecule has 0 amide bonds. The van der Waals surface area contributed by atoms with Gasteiger partial charge < -0.3 is 15.5 Å². The van der Waals surface area contributed by atoms with Gasteiger partial charge in [0, 0.05) is 0 Å². The number of pyridine rings is 1. The van der Waals surface area contributed by atoms with Gasteiger partial charge in [0.05, 0.1) is 23.5 Å². The average Bonchev–Trinajstić information content (AvgIpc) is 2.33. The van der Waals surface area contributed by atoms with Crippen LogP contribution in [0, 0.1) is 6.92 Å². The Morgan fingerprint density at radius 3 is 2.47 bits per heavy atom. The van der Waals surface area contributed by atoms with E-state index in [2.05, 4.69) is 10.3 Å². The number of anilines is 1. The van der Waals surface area contributed by atoms with Crippen LogP contribution in [-0.4, -0.2) is 15.2 Å². The summed E-state index contributed by atoms with van der Waals surface area (Å²) in [6.45, 7) is 3.71. The van der Waals surface area contributed by atoms with E-state index in [1.165, 1.54) is 0 Å². The Kier molecular flexibility index (Phi) is 3.81. The Labute approximate surface area is 116 Å². The average molecular weight is 279 g/mol. The van der Waals surface area contributed by atoms with Gasteiger partial charge in [-0.05, 0) is 37.6 Å². The molecule has 0 bridgehead atoms. The lowest BCUT2D eigenvalue weighted by atomic mass is 10.1. The number of phenols is 2. The predicted octanol–water partition coefficient (Wildman–Crippen LogP) is 3.63. The van der Waals surface area contributed by atoms with Crippen molar-refractivity contribution in [1.29, 1.82) is 0 Å². The highest BCUT2D eigenvalue weighted by Gasteiger charge is 2.15. The number of phenolic OH excluding ortho intramolecular Hbond substituents is 2. The highest BCUT2D eigenvalue weighted by Crippen LogP contribution is 2.34. The van der Waals surface area contributed by atoms with Gasteiger partial charge in [-0.25, -0.2) is 4.98 Å². The largest absolute Gasteiger partial charge is 0.507 e. The predicted molar refractivity (Wildman–Crippen MR) is 75.8 cm³/mol. The van der Waals surface area contributed by atoms with Gasteiger partial charge in [-0.15, -0.1) is 0 Å². The molecule has 1 atom stereocenters. The number of aromatic nitrogens is 1. The van der Waals surface area contributed by atoms with E-state index in [-0.39, 0.29) is 17.5 Å². The molecule has 2 aromatic rings. The zero-order chi connectivity index (χ0) is 14.0. The molecule has 1 unspecified atom stereocenters. The van der Waals surface area contributed by atoms with Gasteiger partial charge in [-0.3, -0.25) is 0 Å². The molecule has 0 aliphatic heterocycles. The molecule has 3 N–H and O–H groups in total. The molecule has 1 aromatic carbocycles. The molecule has 5 heteroatoms. The first-order chi connectivity index (χ1) is 8.99. The maximum absolute atomic E-state index is 9.80. The molecule has 0 fully saturated rings. The minimum atomic E-state index is -0.261. The quantitative estimate of drug-likeness (QED) is 0.750. The maximum Gasteiger partial charge on any atom is 0.132 e. The van der Waals surface area contributed by atoms with Gasteiger partial charge in [0.1, 0.15) is 16.7 Å². The molecular weight excluding hydrogens is 264 g/mol. The summed E-state index contributed by atoms with van der Waals surface area (Å²) < 4.78 is 0. The van der Waals surface area contributed by atoms with Crippen LogP contribution in [0.4, 0.5) is 5.69 Å². The zero-order valence-corrected chi connectivity index (χ0v) is 11.4. The first-order valence-corrected chi connectivity index (χ1v) is 6.26. The van der Waals surface area contributed by atoms with Crippen LogP contribution in [-0.2, 0) is 0 Å². The van der Waals surface area contributed by atoms with Crippen molar-refractivity contribution in [3.63, 3.8) is 0 Å². The molecule has 4 nitrogen and oxygen atoms in total. The number of aryl methyl sites for hydroxylation is 1. The summed E-state index contributed by atoms with van der Waals surface area (Å²) in [4.78, 5) is 4.05. The van der Waals surface area contributed by atoms with E-state index in [4.69, 9.17) is 11.6 Å². The van der Waals surface area contributed by atoms with Crippen LogP contribution in [0.2, 0.25) is 5.15 Å². The van der Waals surface area contributed by atoms with Crippen LogP contribution in [0.3, 0.4) is 0 Å². The number of benzene rings is 1. The number of hydrogen-bond acceptors (Lipinski definition) is 4. The van der Waals surface area contributed by atoms with Gasteiger partial charge in [0.15, 0.2) is 0 Å². The van der Waals surface area contributed by atoms with E-state index in [1.54, 1.807) is 24.4 Å². The fourth-order valence-electron chi connectivity index (χ4n) is 1.94. The van der Waals surface area contributed by atoms with E-state index >= 15 is 0 Å². The fraction of sp³-hybridized carbons (Fsp3) is 0.214. The second-order valence-electron chi connectivity index (χ2n) is 4.41. The Balaban J connectivity index is 2.25. The zero-order valence-electron chi connectivity index (χ0n) is 10.7. The van der Waals surface area contributed by atoms with Crippen molar-refractivity contribution >= 4 is 17.3 Å². The molecule has 0 spiro atoms. The summed E-state index contributed by atoms with van der Waals surface area (Å²) in [6, 6.07) is 6.28. The van der Waals surface area contributed by atoms with Crippen molar-refractivity contribution in [2.45, 2.75) is 19.9 Å². The Morgan fingerprint density at radius 1 is 1.26 bits per heavy atom. The lowest BCUT2D eigenvalue weighted by molar-refractivity contribution is 0.434. The molecule has 2 rings (SSSR count). The Bertz CT molecular complexity index is 582. The molecule has 1 heterocycles. The summed E-state index contributed by atoms with van der Waals surface area (Å²) >= 11 is 5.87. The van der Waals surface area contributed by atoms with E-state index in [9.17, 15) is 10.2 Å². The number of aromatic hydroxyl groups is 2. The van der Waals surface area contributed by atoms with Gasteiger partial charge in [-0.2, -0.15) is 0 Å². The minimum Gasteiger partial charge on any atom is -0.507 e. The summed E-state index contributed by atoms with van der Waals surface area (Å²) in [7, 11) is 0. The van der Waals surface area contributed by atoms with Crippen LogP contribution in [0.25, 0.3) is 0 Å². The smallest absolute Gasteiger partial charge is 0.132 e. The minimum absolute atomic E-state index is 0.0543. The molecule has 0 saturated carbocycles. The standard InChI is InChI=1S/C14H15ClN2O2/c1-8-6-10(7-16-14(8)15)17-9(2)13-11(18)4-3-5-12(13)19/h3-7,9,17-19H,1-2H3. The van der Waals surface area contributed by atoms with Crippen LogP contribution in [0.15, 0.2) is 30.5 Å². The third-order valence-corrected chi connectivity index (χ3v) is 3.29. The van der Waals surface area contributed by atoms with Crippen LogP contribution < -0.4 is 5.32 Å². The van der Waals surface area contributed by atoms with Crippen molar-refractivity contribution in [2.24, 2.45) is 0 Å². The first kappa shape index (κ1) is 13.5. The Hall–Kier alpha value is -1.94. The molecular formula is C14H15ClN2O2. The van der Waals surface area contributed by atoms with Gasteiger partial charge in [-0.1, -0.05) is 17.7 Å². The lowest BCUT2D eigenvalue weighted by Gasteiger charge is -2.18. The monoisotopic (exact) mass is 278 g/mol. The summed E-state index contributed by atoms with van der Waals surface area (Å²) in [6.07, 6.45) is 1.61. The van der Waals surface area contributed by atoms with E-state index in [0.717, 1.165) is 11.3 Å². The first-order valence-electron chi connectivity index (χ1n) is 5.88. The molecule has 19 heavy (non-hydrogen) atoms. The van der Waals surface area contributed by atoms with Crippen molar-refractivity contribution in [3.8, 4) is 11.5 Å². The summed E-state index contributed by atoms with van der Waals surface area (Å²) in [5.74, 6) is 0.109. The molecule has 0 aliphatic carbocycles. The number of halogens is 1. The van der Waals surface area contributed by atoms with Gasteiger partial charge >= 0.3 is 0 Å². The summed E-state index contributed by atoms with van der Waals surface area (Å²) in [5.41, 5.74) is 2.09. The van der Waals surface area contributed by atoms with Crippen LogP contribution in [0.5, 0.6) is 11.5 Å². The van der Waals surface area contributed by atoms with E-state index in [0.29, 0.717) is 10.7 Å². The highest BCUT2D eigenvalue weighted by molar-refractivity contribution is 6.30. The SMILES string of the molecule is Cc1cc(NC(C)c2c(O)cccc2O)cnc1Cl. The number of nitrogens with one attached hydrogen (secondary N) is 1. The fourth-order valence-corrected chi connectivity index (χ4v) is 2.05. The third kappa shape index (κ3) is 2.90. The van der Waals surface area contributed by atoms with Gasteiger partial charge in [0.2, 0.25) is 0 Å². The van der Waals surface area contributed by atoms with Crippen molar-refractivity contribution in [1.82, 2.24) is 4.98 Å². The lowest BCUT2D eigenvalue weighted by Crippen LogP contribution is -2.07. The molecule has 0 aliphatic rings. The molecule has 100 valence electrons. The Morgan fingerprint density at radius 2 is 1.89 bits per heavy atom. The van der Waals surface area contributed by atoms with Gasteiger partial charge in [0.25, 0.3) is 0 Å². The number of hydrogen-bond donors (Lipinski definition) is 3. The number of rotatable bonds is 3. The number of nitrogens with zero attached hydrogens (tertiary/aromatic N) is 1. The van der Waals surface area contributed by atoms with Crippen molar-refractivity contribution in [2.75, 3.05) is 5.32 Å². The second-order valence-corrected chi connectivity index (χ2v) is 4.77. The van der Waals surface area contributed by atoms with Crippen LogP contribution >= 0.6 is 11.6 Å². The molecule has 0 radical (unpaired) electrons. The third-order valence-electron chi connectivity index (χ3n) is 2.89. The highest BCUT2D eigenvalue weighted by atomic mass is 35.5. The van der Waals surface area contributed by atoms with Crippen molar-refractivity contribution in [3.05, 3.63) is 46.7 Å². The molecule has 1 aromatic heterocycles. The topological polar surface area (TPSA) is 65.4 Å². The van der Waals surface area contributed by atoms with Crippen molar-refractivity contribution < 1.29 is 10.2 Å². The normalized spacial score (nSPS) is 12.2. The second kappa shape index (κ2) is 5.36. The van der Waals surface area contributed by atoms with E-state index in [1.807, 2.05) is 19.9 Å². The van der Waals surface area contributed by atoms with Crippen LogP contribution in [0.1, 0.15) is 24.1 Å². The summed E-state index contributed by atoms with van der Waals surface area (Å²) in [5, 5.41) is 23.2. The molecule has 0 saturated heterocycles. The maximum atomic E-state index is 9.80. The van der Waals surface area contributed by atoms with E-state index < -0.39 is 0 Å².